The molecule has 0 spiro atoms. The quantitative estimate of drug-likeness (QED) is 0.0696. The number of hydrogen-bond donors (Lipinski definition) is 4. The fraction of sp³-hybridized carbons (Fsp3) is 0.308. The zero-order valence-corrected chi connectivity index (χ0v) is 27.9. The predicted molar refractivity (Wildman–Crippen MR) is 187 cm³/mol. The van der Waals surface area contributed by atoms with E-state index in [2.05, 4.69) is 5.32 Å². The number of thioether (sulfide) groups is 1. The lowest BCUT2D eigenvalue weighted by Crippen LogP contribution is -2.31. The van der Waals surface area contributed by atoms with Gasteiger partial charge in [-0.1, -0.05) is 91.3 Å². The summed E-state index contributed by atoms with van der Waals surface area (Å²) in [5, 5.41) is 30.9. The molecule has 0 unspecified atom stereocenters. The molecule has 1 heterocycles. The molecular weight excluding hydrogens is 642 g/mol. The molecule has 256 valence electrons. The number of aromatic carboxylic acids is 1. The molecule has 4 N–H and O–H groups in total. The normalized spacial score (nSPS) is 17.4. The summed E-state index contributed by atoms with van der Waals surface area (Å²) >= 11 is 1.45. The highest BCUT2D eigenvalue weighted by Gasteiger charge is 2.32. The number of carboxylic acid groups (broad SMARTS) is 2. The fourth-order valence-electron chi connectivity index (χ4n) is 5.77. The van der Waals surface area contributed by atoms with Crippen LogP contribution in [-0.4, -0.2) is 45.0 Å². The number of carboxylic acids is 2. The van der Waals surface area contributed by atoms with Crippen LogP contribution in [0.5, 0.6) is 0 Å². The summed E-state index contributed by atoms with van der Waals surface area (Å²) in [4.78, 5) is 35.6. The third-order valence-corrected chi connectivity index (χ3v) is 9.64. The van der Waals surface area contributed by atoms with Crippen molar-refractivity contribution in [2.24, 2.45) is 0 Å². The number of carbonyl (C=O) groups excluding carboxylic acids is 1. The van der Waals surface area contributed by atoms with Gasteiger partial charge >= 0.3 is 11.9 Å². The van der Waals surface area contributed by atoms with Crippen molar-refractivity contribution >= 4 is 29.6 Å². The van der Waals surface area contributed by atoms with Crippen LogP contribution >= 0.6 is 11.8 Å². The molecule has 1 fully saturated rings. The predicted octanol–water partition coefficient (Wildman–Crippen LogP) is 7.53. The lowest BCUT2D eigenvalue weighted by atomic mass is 9.97. The Bertz CT molecular complexity index is 1710. The van der Waals surface area contributed by atoms with Gasteiger partial charge in [0.1, 0.15) is 0 Å². The van der Waals surface area contributed by atoms with E-state index in [1.165, 1.54) is 11.8 Å². The van der Waals surface area contributed by atoms with Gasteiger partial charge in [-0.3, -0.25) is 9.59 Å². The Morgan fingerprint density at radius 3 is 2.20 bits per heavy atom. The van der Waals surface area contributed by atoms with E-state index in [-0.39, 0.29) is 36.7 Å². The number of amides is 1. The minimum atomic E-state index is -0.968. The number of carbonyl (C=O) groups is 3. The molecule has 0 saturated carbocycles. The maximum absolute atomic E-state index is 12.4. The summed E-state index contributed by atoms with van der Waals surface area (Å²) in [5.41, 5.74) is 5.84. The van der Waals surface area contributed by atoms with Gasteiger partial charge in [-0.05, 0) is 52.8 Å². The summed E-state index contributed by atoms with van der Waals surface area (Å²) in [5.74, 6) is -1.31. The Kier molecular flexibility index (Phi) is 13.0. The first-order valence-electron chi connectivity index (χ1n) is 16.4. The Balaban J connectivity index is 1.27. The van der Waals surface area contributed by atoms with E-state index < -0.39 is 18.2 Å². The molecule has 1 aliphatic heterocycles. The summed E-state index contributed by atoms with van der Waals surface area (Å²) < 4.78 is 13.0. The van der Waals surface area contributed by atoms with Crippen molar-refractivity contribution in [2.75, 3.05) is 5.75 Å². The standard InChI is InChI=1S/C39H41NO8S/c41-24-26-14-16-28(17-15-26)34-22-31(25-49-35-11-7-6-10-33(35)38(45)46)47-39(48-34)29-20-18-27(19-21-29)32-9-5-4-8-30(32)23-40-36(42)12-2-1-3-13-37(43)44/h4-11,14-21,31,34,39,41H,1-3,12-13,22-25H2,(H,40,42)(H,43,44)(H,45,46)/t31-,34+,39+/m0/s1. The van der Waals surface area contributed by atoms with Crippen LogP contribution in [0.3, 0.4) is 0 Å². The van der Waals surface area contributed by atoms with Crippen molar-refractivity contribution in [1.82, 2.24) is 5.32 Å². The largest absolute Gasteiger partial charge is 0.481 e. The van der Waals surface area contributed by atoms with E-state index in [4.69, 9.17) is 14.6 Å². The molecule has 0 bridgehead atoms. The second-order valence-electron chi connectivity index (χ2n) is 12.0. The van der Waals surface area contributed by atoms with Gasteiger partial charge in [0, 0.05) is 42.0 Å². The van der Waals surface area contributed by atoms with Crippen molar-refractivity contribution in [2.45, 2.75) is 75.1 Å². The van der Waals surface area contributed by atoms with Crippen LogP contribution < -0.4 is 5.32 Å². The Morgan fingerprint density at radius 1 is 0.776 bits per heavy atom. The number of nitrogens with one attached hydrogen (secondary N) is 1. The number of hydrogen-bond acceptors (Lipinski definition) is 7. The molecular formula is C39H41NO8S. The monoisotopic (exact) mass is 683 g/mol. The molecule has 1 amide bonds. The molecule has 4 aromatic carbocycles. The average molecular weight is 684 g/mol. The smallest absolute Gasteiger partial charge is 0.336 e. The highest BCUT2D eigenvalue weighted by atomic mass is 32.2. The third kappa shape index (κ3) is 10.3. The molecule has 4 aromatic rings. The number of benzene rings is 4. The second kappa shape index (κ2) is 17.8. The highest BCUT2D eigenvalue weighted by molar-refractivity contribution is 7.99. The SMILES string of the molecule is O=C(O)CCCCCC(=O)NCc1ccccc1-c1ccc([C@@H]2O[C@H](CSc3ccccc3C(=O)O)C[C@H](c3ccc(CO)cc3)O2)cc1. The van der Waals surface area contributed by atoms with Crippen LogP contribution in [0.15, 0.2) is 102 Å². The van der Waals surface area contributed by atoms with Gasteiger partial charge in [0.2, 0.25) is 5.91 Å². The van der Waals surface area contributed by atoms with Gasteiger partial charge in [-0.25, -0.2) is 4.79 Å². The number of aliphatic hydroxyl groups excluding tert-OH is 1. The number of unbranched alkanes of at least 4 members (excludes halogenated alkanes) is 2. The van der Waals surface area contributed by atoms with Crippen LogP contribution in [0.25, 0.3) is 11.1 Å². The van der Waals surface area contributed by atoms with Gasteiger partial charge in [0.25, 0.3) is 0 Å². The lowest BCUT2D eigenvalue weighted by molar-refractivity contribution is -0.245. The highest BCUT2D eigenvalue weighted by Crippen LogP contribution is 2.40. The van der Waals surface area contributed by atoms with Crippen LogP contribution in [0.2, 0.25) is 0 Å². The summed E-state index contributed by atoms with van der Waals surface area (Å²) in [6.45, 7) is 0.333. The van der Waals surface area contributed by atoms with Crippen LogP contribution in [0.4, 0.5) is 0 Å². The van der Waals surface area contributed by atoms with Crippen molar-refractivity contribution in [1.29, 1.82) is 0 Å². The molecule has 9 nitrogen and oxygen atoms in total. The van der Waals surface area contributed by atoms with Crippen LogP contribution in [0, 0.1) is 0 Å². The van der Waals surface area contributed by atoms with E-state index in [1.54, 1.807) is 12.1 Å². The molecule has 49 heavy (non-hydrogen) atoms. The van der Waals surface area contributed by atoms with E-state index >= 15 is 0 Å². The van der Waals surface area contributed by atoms with Crippen LogP contribution in [0.1, 0.15) is 83.5 Å². The van der Waals surface area contributed by atoms with Gasteiger partial charge in [-0.2, -0.15) is 0 Å². The Hall–Kier alpha value is -4.48. The molecule has 0 radical (unpaired) electrons. The minimum Gasteiger partial charge on any atom is -0.481 e. The van der Waals surface area contributed by atoms with E-state index in [0.717, 1.165) is 33.4 Å². The van der Waals surface area contributed by atoms with Crippen molar-refractivity contribution < 1.29 is 39.2 Å². The third-order valence-electron chi connectivity index (χ3n) is 8.44. The molecule has 1 aliphatic rings. The van der Waals surface area contributed by atoms with E-state index in [9.17, 15) is 24.6 Å². The maximum Gasteiger partial charge on any atom is 0.336 e. The fourth-order valence-corrected chi connectivity index (χ4v) is 6.84. The number of aliphatic hydroxyl groups is 1. The maximum atomic E-state index is 12.4. The zero-order valence-electron chi connectivity index (χ0n) is 27.1. The topological polar surface area (TPSA) is 142 Å². The van der Waals surface area contributed by atoms with Crippen molar-refractivity contribution in [3.05, 3.63) is 125 Å². The second-order valence-corrected chi connectivity index (χ2v) is 13.0. The molecule has 5 rings (SSSR count). The van der Waals surface area contributed by atoms with Gasteiger partial charge in [0.15, 0.2) is 6.29 Å². The first kappa shape index (κ1) is 35.8. The molecule has 1 saturated heterocycles. The van der Waals surface area contributed by atoms with Crippen LogP contribution in [-0.2, 0) is 32.2 Å². The molecule has 0 aliphatic carbocycles. The Morgan fingerprint density at radius 2 is 1.47 bits per heavy atom. The average Bonchev–Trinajstić information content (AvgIpc) is 3.13. The number of aliphatic carboxylic acids is 1. The van der Waals surface area contributed by atoms with Crippen molar-refractivity contribution in [3.63, 3.8) is 0 Å². The Labute approximate surface area is 290 Å². The zero-order chi connectivity index (χ0) is 34.6. The molecule has 10 heteroatoms. The van der Waals surface area contributed by atoms with Gasteiger partial charge in [0.05, 0.1) is 24.4 Å². The minimum absolute atomic E-state index is 0.0438. The number of rotatable bonds is 16. The summed E-state index contributed by atoms with van der Waals surface area (Å²) in [6.07, 6.45) is 1.82. The van der Waals surface area contributed by atoms with Gasteiger partial charge < -0.3 is 30.1 Å². The first-order valence-corrected chi connectivity index (χ1v) is 17.4. The summed E-state index contributed by atoms with van der Waals surface area (Å²) in [6, 6.07) is 30.5. The molecule has 0 aromatic heterocycles. The molecule has 3 atom stereocenters. The van der Waals surface area contributed by atoms with Gasteiger partial charge in [-0.15, -0.1) is 11.8 Å². The van der Waals surface area contributed by atoms with E-state index in [0.29, 0.717) is 49.3 Å². The first-order chi connectivity index (χ1) is 23.8. The number of ether oxygens (including phenoxy) is 2. The van der Waals surface area contributed by atoms with E-state index in [1.807, 2.05) is 84.9 Å². The summed E-state index contributed by atoms with van der Waals surface area (Å²) in [7, 11) is 0. The lowest BCUT2D eigenvalue weighted by Gasteiger charge is -2.36. The van der Waals surface area contributed by atoms with Crippen molar-refractivity contribution in [3.8, 4) is 11.1 Å².